The van der Waals surface area contributed by atoms with Gasteiger partial charge < -0.3 is 15.0 Å². The van der Waals surface area contributed by atoms with E-state index >= 15 is 0 Å². The first-order valence-electron chi connectivity index (χ1n) is 7.69. The Morgan fingerprint density at radius 3 is 3.00 bits per heavy atom. The van der Waals surface area contributed by atoms with Crippen LogP contribution in [-0.4, -0.2) is 56.2 Å². The van der Waals surface area contributed by atoms with Crippen LogP contribution in [0.25, 0.3) is 0 Å². The maximum atomic E-state index is 5.66. The molecule has 0 unspecified atom stereocenters. The molecule has 5 heteroatoms. The number of likely N-dealkylation sites (N-methyl/N-ethyl adjacent to an activating group) is 1. The molecule has 0 amide bonds. The Kier molecular flexibility index (Phi) is 6.47. The van der Waals surface area contributed by atoms with Crippen molar-refractivity contribution >= 4 is 5.96 Å². The lowest BCUT2D eigenvalue weighted by Crippen LogP contribution is -2.41. The molecule has 0 spiro atoms. The topological polar surface area (TPSA) is 49.8 Å². The number of aliphatic imine (C=N–C) groups is 1. The van der Waals surface area contributed by atoms with Crippen LogP contribution in [0.3, 0.4) is 0 Å². The fourth-order valence-electron chi connectivity index (χ4n) is 2.08. The van der Waals surface area contributed by atoms with Gasteiger partial charge in [-0.05, 0) is 30.9 Å². The lowest BCUT2D eigenvalue weighted by Gasteiger charge is -2.22. The van der Waals surface area contributed by atoms with Gasteiger partial charge in [0.2, 0.25) is 0 Å². The van der Waals surface area contributed by atoms with Gasteiger partial charge in [0, 0.05) is 52.1 Å². The van der Waals surface area contributed by atoms with Crippen LogP contribution in [0.1, 0.15) is 18.5 Å². The molecular formula is C16H26N4O. The van der Waals surface area contributed by atoms with Gasteiger partial charge in [0.1, 0.15) is 0 Å². The smallest absolute Gasteiger partial charge is 0.193 e. The highest BCUT2D eigenvalue weighted by atomic mass is 16.5. The molecule has 1 fully saturated rings. The van der Waals surface area contributed by atoms with Gasteiger partial charge in [0.25, 0.3) is 0 Å². The van der Waals surface area contributed by atoms with Crippen molar-refractivity contribution in [1.82, 2.24) is 15.2 Å². The van der Waals surface area contributed by atoms with E-state index in [9.17, 15) is 0 Å². The third-order valence-electron chi connectivity index (χ3n) is 3.59. The summed E-state index contributed by atoms with van der Waals surface area (Å²) in [5.41, 5.74) is 1.09. The second kappa shape index (κ2) is 8.62. The van der Waals surface area contributed by atoms with Gasteiger partial charge >= 0.3 is 0 Å². The van der Waals surface area contributed by atoms with Gasteiger partial charge in [-0.1, -0.05) is 6.07 Å². The van der Waals surface area contributed by atoms with Crippen LogP contribution in [-0.2, 0) is 11.2 Å². The molecule has 21 heavy (non-hydrogen) atoms. The van der Waals surface area contributed by atoms with E-state index in [-0.39, 0.29) is 0 Å². The van der Waals surface area contributed by atoms with Crippen LogP contribution in [0.5, 0.6) is 0 Å². The summed E-state index contributed by atoms with van der Waals surface area (Å²) in [6.45, 7) is 3.36. The van der Waals surface area contributed by atoms with Gasteiger partial charge in [-0.3, -0.25) is 9.98 Å². The molecule has 1 aromatic heterocycles. The first-order chi connectivity index (χ1) is 10.3. The highest BCUT2D eigenvalue weighted by Crippen LogP contribution is 2.28. The number of guanidine groups is 1. The van der Waals surface area contributed by atoms with E-state index in [4.69, 9.17) is 4.74 Å². The van der Waals surface area contributed by atoms with Crippen LogP contribution in [0.2, 0.25) is 0 Å². The highest BCUT2D eigenvalue weighted by molar-refractivity contribution is 5.79. The van der Waals surface area contributed by atoms with Crippen LogP contribution in [0.4, 0.5) is 0 Å². The fourth-order valence-corrected chi connectivity index (χ4v) is 2.08. The zero-order valence-electron chi connectivity index (χ0n) is 13.1. The van der Waals surface area contributed by atoms with Gasteiger partial charge in [-0.2, -0.15) is 0 Å². The van der Waals surface area contributed by atoms with Crippen molar-refractivity contribution in [3.05, 3.63) is 30.1 Å². The lowest BCUT2D eigenvalue weighted by atomic mass is 10.3. The monoisotopic (exact) mass is 290 g/mol. The van der Waals surface area contributed by atoms with E-state index < -0.39 is 0 Å². The number of nitrogens with zero attached hydrogens (tertiary/aromatic N) is 3. The van der Waals surface area contributed by atoms with Crippen molar-refractivity contribution in [3.8, 4) is 0 Å². The van der Waals surface area contributed by atoms with E-state index in [1.807, 2.05) is 38.5 Å². The van der Waals surface area contributed by atoms with Crippen LogP contribution in [0, 0.1) is 5.92 Å². The van der Waals surface area contributed by atoms with Crippen molar-refractivity contribution in [2.75, 3.05) is 40.4 Å². The van der Waals surface area contributed by atoms with E-state index in [1.54, 1.807) is 0 Å². The van der Waals surface area contributed by atoms with E-state index in [0.717, 1.165) is 50.3 Å². The minimum atomic E-state index is 0.758. The molecule has 0 atom stereocenters. The van der Waals surface area contributed by atoms with E-state index in [0.29, 0.717) is 0 Å². The van der Waals surface area contributed by atoms with Crippen molar-refractivity contribution < 1.29 is 4.74 Å². The predicted octanol–water partition coefficient (Wildman–Crippen LogP) is 1.56. The predicted molar refractivity (Wildman–Crippen MR) is 85.5 cm³/mol. The molecule has 1 heterocycles. The molecule has 1 N–H and O–H groups in total. The summed E-state index contributed by atoms with van der Waals surface area (Å²) >= 11 is 0. The number of aromatic nitrogens is 1. The number of hydrogen-bond donors (Lipinski definition) is 1. The first-order valence-corrected chi connectivity index (χ1v) is 7.69. The van der Waals surface area contributed by atoms with Crippen LogP contribution < -0.4 is 5.32 Å². The molecular weight excluding hydrogens is 264 g/mol. The average Bonchev–Trinajstić information content (AvgIpc) is 3.33. The molecule has 2 rings (SSSR count). The summed E-state index contributed by atoms with van der Waals surface area (Å²) in [6.07, 6.45) is 5.40. The maximum Gasteiger partial charge on any atom is 0.193 e. The quantitative estimate of drug-likeness (QED) is 0.448. The van der Waals surface area contributed by atoms with Gasteiger partial charge in [0.15, 0.2) is 5.96 Å². The third kappa shape index (κ3) is 6.12. The normalized spacial score (nSPS) is 15.0. The van der Waals surface area contributed by atoms with Gasteiger partial charge in [0.05, 0.1) is 6.61 Å². The van der Waals surface area contributed by atoms with E-state index in [2.05, 4.69) is 20.2 Å². The summed E-state index contributed by atoms with van der Waals surface area (Å²) in [4.78, 5) is 10.7. The Labute approximate surface area is 127 Å². The maximum absolute atomic E-state index is 5.66. The van der Waals surface area contributed by atoms with Crippen LogP contribution in [0.15, 0.2) is 29.4 Å². The fraction of sp³-hybridized carbons (Fsp3) is 0.625. The minimum absolute atomic E-state index is 0.758. The summed E-state index contributed by atoms with van der Waals surface area (Å²) in [7, 11) is 3.85. The second-order valence-electron chi connectivity index (χ2n) is 5.48. The summed E-state index contributed by atoms with van der Waals surface area (Å²) in [6, 6.07) is 5.99. The zero-order chi connectivity index (χ0) is 14.9. The Morgan fingerprint density at radius 2 is 2.33 bits per heavy atom. The number of hydrogen-bond acceptors (Lipinski definition) is 3. The van der Waals surface area contributed by atoms with Crippen molar-refractivity contribution in [3.63, 3.8) is 0 Å². The number of rotatable bonds is 8. The zero-order valence-corrected chi connectivity index (χ0v) is 13.1. The minimum Gasteiger partial charge on any atom is -0.379 e. The van der Waals surface area contributed by atoms with Gasteiger partial charge in [-0.15, -0.1) is 0 Å². The SMILES string of the molecule is CN=C(NCCc1ccccn1)N(C)CCOCC1CC1. The molecule has 0 saturated heterocycles. The van der Waals surface area contributed by atoms with Crippen molar-refractivity contribution in [2.45, 2.75) is 19.3 Å². The molecule has 0 radical (unpaired) electrons. The molecule has 0 aliphatic heterocycles. The number of pyridine rings is 1. The first kappa shape index (κ1) is 15.8. The largest absolute Gasteiger partial charge is 0.379 e. The number of nitrogens with one attached hydrogen (secondary N) is 1. The summed E-state index contributed by atoms with van der Waals surface area (Å²) in [5.74, 6) is 1.73. The van der Waals surface area contributed by atoms with Crippen LogP contribution >= 0.6 is 0 Å². The summed E-state index contributed by atoms with van der Waals surface area (Å²) in [5, 5.41) is 3.36. The van der Waals surface area contributed by atoms with E-state index in [1.165, 1.54) is 12.8 Å². The lowest BCUT2D eigenvalue weighted by molar-refractivity contribution is 0.115. The average molecular weight is 290 g/mol. The van der Waals surface area contributed by atoms with Crippen molar-refractivity contribution in [2.24, 2.45) is 10.9 Å². The highest BCUT2D eigenvalue weighted by Gasteiger charge is 2.21. The molecule has 0 aromatic carbocycles. The Morgan fingerprint density at radius 1 is 1.48 bits per heavy atom. The molecule has 0 bridgehead atoms. The third-order valence-corrected chi connectivity index (χ3v) is 3.59. The molecule has 1 aromatic rings. The Bertz CT molecular complexity index is 431. The second-order valence-corrected chi connectivity index (χ2v) is 5.48. The molecule has 116 valence electrons. The standard InChI is InChI=1S/C16H26N4O/c1-17-16(19-10-8-15-5-3-4-9-18-15)20(2)11-12-21-13-14-6-7-14/h3-5,9,14H,6-8,10-13H2,1-2H3,(H,17,19). The molecule has 1 aliphatic rings. The Hall–Kier alpha value is -1.62. The Balaban J connectivity index is 1.61. The molecule has 1 aliphatic carbocycles. The summed E-state index contributed by atoms with van der Waals surface area (Å²) < 4.78 is 5.66. The molecule has 1 saturated carbocycles. The molecule has 5 nitrogen and oxygen atoms in total. The van der Waals surface area contributed by atoms with Gasteiger partial charge in [-0.25, -0.2) is 0 Å². The van der Waals surface area contributed by atoms with Crippen molar-refractivity contribution in [1.29, 1.82) is 0 Å². The number of ether oxygens (including phenoxy) is 1.